The van der Waals surface area contributed by atoms with Gasteiger partial charge in [-0.3, -0.25) is 0 Å². The molecular formula is C13H25N3OS. The Morgan fingerprint density at radius 1 is 1.22 bits per heavy atom. The van der Waals surface area contributed by atoms with Gasteiger partial charge in [0.25, 0.3) is 0 Å². The molecule has 0 unspecified atom stereocenters. The van der Waals surface area contributed by atoms with Gasteiger partial charge in [-0.1, -0.05) is 25.2 Å². The smallest absolute Gasteiger partial charge is 0.143 e. The standard InChI is InChI=1S/C13H25N3OS/c1-10(2)8-14-7-6-11-15-16-12(18-11)9-17-13(3,4)5/h10,14H,6-9H2,1-5H3. The van der Waals surface area contributed by atoms with E-state index in [-0.39, 0.29) is 5.60 Å². The molecule has 1 aromatic rings. The Morgan fingerprint density at radius 3 is 2.50 bits per heavy atom. The van der Waals surface area contributed by atoms with Gasteiger partial charge in [-0.2, -0.15) is 0 Å². The Bertz CT molecular complexity index is 344. The number of aromatic nitrogens is 2. The van der Waals surface area contributed by atoms with Gasteiger partial charge in [0.1, 0.15) is 16.6 Å². The minimum Gasteiger partial charge on any atom is -0.369 e. The maximum atomic E-state index is 5.68. The van der Waals surface area contributed by atoms with E-state index in [1.54, 1.807) is 11.3 Å². The van der Waals surface area contributed by atoms with Crippen LogP contribution >= 0.6 is 11.3 Å². The molecule has 104 valence electrons. The van der Waals surface area contributed by atoms with Crippen LogP contribution < -0.4 is 5.32 Å². The van der Waals surface area contributed by atoms with Crippen molar-refractivity contribution < 1.29 is 4.74 Å². The lowest BCUT2D eigenvalue weighted by molar-refractivity contribution is -0.0152. The molecule has 0 saturated carbocycles. The van der Waals surface area contributed by atoms with Crippen molar-refractivity contribution in [2.75, 3.05) is 13.1 Å². The summed E-state index contributed by atoms with van der Waals surface area (Å²) in [6.07, 6.45) is 0.944. The van der Waals surface area contributed by atoms with Gasteiger partial charge in [0, 0.05) is 13.0 Å². The van der Waals surface area contributed by atoms with Gasteiger partial charge in [-0.05, 0) is 33.2 Å². The van der Waals surface area contributed by atoms with E-state index in [1.165, 1.54) is 0 Å². The highest BCUT2D eigenvalue weighted by atomic mass is 32.1. The summed E-state index contributed by atoms with van der Waals surface area (Å²) in [6, 6.07) is 0. The molecule has 0 atom stereocenters. The Balaban J connectivity index is 2.26. The molecule has 5 heteroatoms. The molecule has 0 aliphatic carbocycles. The predicted molar refractivity (Wildman–Crippen MR) is 75.9 cm³/mol. The fourth-order valence-electron chi connectivity index (χ4n) is 1.31. The van der Waals surface area contributed by atoms with Crippen LogP contribution in [0.2, 0.25) is 0 Å². The first-order valence-corrected chi connectivity index (χ1v) is 7.34. The predicted octanol–water partition coefficient (Wildman–Crippen LogP) is 2.64. The zero-order valence-electron chi connectivity index (χ0n) is 12.1. The minimum absolute atomic E-state index is 0.120. The molecule has 0 spiro atoms. The average Bonchev–Trinajstić information content (AvgIpc) is 2.68. The van der Waals surface area contributed by atoms with E-state index in [9.17, 15) is 0 Å². The first kappa shape index (κ1) is 15.5. The third-order valence-corrected chi connectivity index (χ3v) is 3.16. The number of hydrogen-bond acceptors (Lipinski definition) is 5. The molecule has 0 fully saturated rings. The average molecular weight is 271 g/mol. The molecule has 0 saturated heterocycles. The van der Waals surface area contributed by atoms with Gasteiger partial charge >= 0.3 is 0 Å². The molecule has 0 aliphatic heterocycles. The number of hydrogen-bond donors (Lipinski definition) is 1. The second kappa shape index (κ2) is 7.16. The van der Waals surface area contributed by atoms with Crippen LogP contribution in [0.1, 0.15) is 44.6 Å². The van der Waals surface area contributed by atoms with Crippen LogP contribution in [0.3, 0.4) is 0 Å². The maximum absolute atomic E-state index is 5.68. The lowest BCUT2D eigenvalue weighted by Gasteiger charge is -2.17. The van der Waals surface area contributed by atoms with E-state index in [2.05, 4.69) is 29.4 Å². The third kappa shape index (κ3) is 7.03. The maximum Gasteiger partial charge on any atom is 0.143 e. The van der Waals surface area contributed by atoms with Gasteiger partial charge in [0.2, 0.25) is 0 Å². The lowest BCUT2D eigenvalue weighted by Crippen LogP contribution is -2.22. The molecule has 0 bridgehead atoms. The highest BCUT2D eigenvalue weighted by Crippen LogP contribution is 2.15. The minimum atomic E-state index is -0.120. The lowest BCUT2D eigenvalue weighted by atomic mass is 10.2. The first-order valence-electron chi connectivity index (χ1n) is 6.53. The van der Waals surface area contributed by atoms with Crippen molar-refractivity contribution in [3.05, 3.63) is 10.0 Å². The third-order valence-electron chi connectivity index (χ3n) is 2.21. The summed E-state index contributed by atoms with van der Waals surface area (Å²) in [6.45, 7) is 13.1. The van der Waals surface area contributed by atoms with E-state index >= 15 is 0 Å². The largest absolute Gasteiger partial charge is 0.369 e. The highest BCUT2D eigenvalue weighted by molar-refractivity contribution is 7.11. The summed E-state index contributed by atoms with van der Waals surface area (Å²) in [5, 5.41) is 13.8. The van der Waals surface area contributed by atoms with Gasteiger partial charge in [0.15, 0.2) is 0 Å². The molecule has 1 heterocycles. The number of rotatable bonds is 7. The molecule has 1 rings (SSSR count). The topological polar surface area (TPSA) is 47.0 Å². The van der Waals surface area contributed by atoms with Crippen molar-refractivity contribution in [1.82, 2.24) is 15.5 Å². The second-order valence-electron chi connectivity index (χ2n) is 5.84. The number of nitrogens with one attached hydrogen (secondary N) is 1. The van der Waals surface area contributed by atoms with Gasteiger partial charge in [-0.15, -0.1) is 10.2 Å². The Morgan fingerprint density at radius 2 is 1.89 bits per heavy atom. The van der Waals surface area contributed by atoms with Crippen LogP contribution in [0.5, 0.6) is 0 Å². The van der Waals surface area contributed by atoms with E-state index < -0.39 is 0 Å². The van der Waals surface area contributed by atoms with Crippen molar-refractivity contribution in [3.63, 3.8) is 0 Å². The normalized spacial score (nSPS) is 12.3. The molecular weight excluding hydrogens is 246 g/mol. The van der Waals surface area contributed by atoms with Crippen LogP contribution in [-0.4, -0.2) is 28.9 Å². The van der Waals surface area contributed by atoms with E-state index in [0.717, 1.165) is 29.5 Å². The second-order valence-corrected chi connectivity index (χ2v) is 6.99. The number of ether oxygens (including phenoxy) is 1. The van der Waals surface area contributed by atoms with Crippen molar-refractivity contribution in [1.29, 1.82) is 0 Å². The first-order chi connectivity index (χ1) is 8.37. The molecule has 4 nitrogen and oxygen atoms in total. The van der Waals surface area contributed by atoms with Gasteiger partial charge in [-0.25, -0.2) is 0 Å². The number of nitrogens with zero attached hydrogens (tertiary/aromatic N) is 2. The summed E-state index contributed by atoms with van der Waals surface area (Å²) in [5.74, 6) is 0.690. The Kier molecular flexibility index (Phi) is 6.18. The zero-order valence-corrected chi connectivity index (χ0v) is 12.9. The van der Waals surface area contributed by atoms with Crippen molar-refractivity contribution in [3.8, 4) is 0 Å². The summed E-state index contributed by atoms with van der Waals surface area (Å²) in [4.78, 5) is 0. The molecule has 0 aromatic carbocycles. The fraction of sp³-hybridized carbons (Fsp3) is 0.846. The molecule has 1 aromatic heterocycles. The summed E-state index contributed by atoms with van der Waals surface area (Å²) < 4.78 is 5.68. The van der Waals surface area contributed by atoms with Gasteiger partial charge in [0.05, 0.1) is 5.60 Å². The van der Waals surface area contributed by atoms with Crippen LogP contribution in [0, 0.1) is 5.92 Å². The summed E-state index contributed by atoms with van der Waals surface area (Å²) >= 11 is 1.65. The fourth-order valence-corrected chi connectivity index (χ4v) is 2.07. The highest BCUT2D eigenvalue weighted by Gasteiger charge is 2.12. The molecule has 18 heavy (non-hydrogen) atoms. The van der Waals surface area contributed by atoms with E-state index in [4.69, 9.17) is 4.74 Å². The summed E-state index contributed by atoms with van der Waals surface area (Å²) in [5.41, 5.74) is -0.120. The van der Waals surface area contributed by atoms with Crippen molar-refractivity contribution in [2.24, 2.45) is 5.92 Å². The molecule has 1 N–H and O–H groups in total. The van der Waals surface area contributed by atoms with Crippen LogP contribution in [0.4, 0.5) is 0 Å². The Labute approximate surface area is 114 Å². The SMILES string of the molecule is CC(C)CNCCc1nnc(COC(C)(C)C)s1. The van der Waals surface area contributed by atoms with Crippen LogP contribution in [0.15, 0.2) is 0 Å². The van der Waals surface area contributed by atoms with Crippen molar-refractivity contribution >= 4 is 11.3 Å². The van der Waals surface area contributed by atoms with Crippen LogP contribution in [0.25, 0.3) is 0 Å². The molecule has 0 aliphatic rings. The van der Waals surface area contributed by atoms with E-state index in [0.29, 0.717) is 12.5 Å². The quantitative estimate of drug-likeness (QED) is 0.775. The van der Waals surface area contributed by atoms with Gasteiger partial charge < -0.3 is 10.1 Å². The van der Waals surface area contributed by atoms with E-state index in [1.807, 2.05) is 20.8 Å². The summed E-state index contributed by atoms with van der Waals surface area (Å²) in [7, 11) is 0. The van der Waals surface area contributed by atoms with Crippen molar-refractivity contribution in [2.45, 2.75) is 53.2 Å². The Hall–Kier alpha value is -0.520. The van der Waals surface area contributed by atoms with Crippen LogP contribution in [-0.2, 0) is 17.8 Å². The molecule has 0 radical (unpaired) electrons. The monoisotopic (exact) mass is 271 g/mol. The molecule has 0 amide bonds. The zero-order chi connectivity index (χ0) is 13.6.